The molecule has 1 aliphatic heterocycles. The number of hydrogen-bond donors (Lipinski definition) is 1. The van der Waals surface area contributed by atoms with E-state index >= 15 is 0 Å². The summed E-state index contributed by atoms with van der Waals surface area (Å²) in [5, 5.41) is 3.00. The van der Waals surface area contributed by atoms with Gasteiger partial charge in [-0.15, -0.1) is 0 Å². The number of rotatable bonds is 9. The molecule has 33 heavy (non-hydrogen) atoms. The molecule has 1 aromatic heterocycles. The van der Waals surface area contributed by atoms with Crippen LogP contribution in [0.3, 0.4) is 0 Å². The maximum atomic E-state index is 13.0. The highest BCUT2D eigenvalue weighted by Gasteiger charge is 2.32. The van der Waals surface area contributed by atoms with Crippen molar-refractivity contribution in [3.05, 3.63) is 54.6 Å². The van der Waals surface area contributed by atoms with E-state index in [1.165, 1.54) is 4.31 Å². The summed E-state index contributed by atoms with van der Waals surface area (Å²) in [5.41, 5.74) is 1.79. The van der Waals surface area contributed by atoms with E-state index in [9.17, 15) is 13.2 Å². The van der Waals surface area contributed by atoms with Crippen molar-refractivity contribution in [2.45, 2.75) is 37.6 Å². The number of nitrogens with one attached hydrogen (secondary N) is 1. The van der Waals surface area contributed by atoms with Crippen LogP contribution in [0.4, 0.5) is 5.95 Å². The van der Waals surface area contributed by atoms with Crippen LogP contribution in [-0.4, -0.2) is 54.5 Å². The molecule has 0 unspecified atom stereocenters. The molecule has 2 heterocycles. The molecule has 0 bridgehead atoms. The highest BCUT2D eigenvalue weighted by Crippen LogP contribution is 2.26. The minimum absolute atomic E-state index is 0.117. The van der Waals surface area contributed by atoms with Crippen LogP contribution in [0.25, 0.3) is 11.0 Å². The molecule has 9 heteroatoms. The topological polar surface area (TPSA) is 93.5 Å². The molecule has 1 N–H and O–H groups in total. The molecule has 1 saturated heterocycles. The number of sulfonamides is 1. The predicted octanol–water partition coefficient (Wildman–Crippen LogP) is 3.50. The molecule has 2 aromatic carbocycles. The Morgan fingerprint density at radius 1 is 1.09 bits per heavy atom. The summed E-state index contributed by atoms with van der Waals surface area (Å²) in [6.45, 7) is 4.61. The van der Waals surface area contributed by atoms with E-state index in [-0.39, 0.29) is 16.7 Å². The number of imidazole rings is 1. The van der Waals surface area contributed by atoms with Crippen molar-refractivity contribution in [2.75, 3.05) is 31.6 Å². The lowest BCUT2D eigenvalue weighted by molar-refractivity contribution is -0.121. The SMILES string of the molecule is CCOCCCn1c(NC(=O)C2CCN(S(=O)(=O)c3ccccc3)CC2)nc2ccccc21. The van der Waals surface area contributed by atoms with Crippen LogP contribution in [0.15, 0.2) is 59.5 Å². The third kappa shape index (κ3) is 5.26. The van der Waals surface area contributed by atoms with Crippen molar-refractivity contribution in [2.24, 2.45) is 5.92 Å². The lowest BCUT2D eigenvalue weighted by atomic mass is 9.97. The van der Waals surface area contributed by atoms with Crippen LogP contribution in [0.2, 0.25) is 0 Å². The van der Waals surface area contributed by atoms with Crippen LogP contribution in [0, 0.1) is 5.92 Å². The molecule has 0 spiro atoms. The van der Waals surface area contributed by atoms with E-state index in [1.807, 2.05) is 35.8 Å². The molecule has 0 saturated carbocycles. The average molecular weight is 471 g/mol. The molecule has 0 atom stereocenters. The molecule has 3 aromatic rings. The van der Waals surface area contributed by atoms with Crippen molar-refractivity contribution in [3.8, 4) is 0 Å². The molecule has 0 aliphatic carbocycles. The molecule has 1 aliphatic rings. The van der Waals surface area contributed by atoms with Crippen LogP contribution >= 0.6 is 0 Å². The van der Waals surface area contributed by atoms with E-state index < -0.39 is 10.0 Å². The van der Waals surface area contributed by atoms with E-state index in [0.29, 0.717) is 51.6 Å². The maximum absolute atomic E-state index is 13.0. The Balaban J connectivity index is 1.42. The first kappa shape index (κ1) is 23.4. The zero-order valence-corrected chi connectivity index (χ0v) is 19.6. The molecule has 4 rings (SSSR count). The van der Waals surface area contributed by atoms with Gasteiger partial charge in [0.2, 0.25) is 21.9 Å². The minimum atomic E-state index is -3.54. The Kier molecular flexibility index (Phi) is 7.42. The average Bonchev–Trinajstić information content (AvgIpc) is 3.19. The van der Waals surface area contributed by atoms with E-state index in [2.05, 4.69) is 10.3 Å². The second-order valence-corrected chi connectivity index (χ2v) is 10.0. The van der Waals surface area contributed by atoms with Gasteiger partial charge in [0.15, 0.2) is 0 Å². The second-order valence-electron chi connectivity index (χ2n) is 8.11. The molecule has 0 radical (unpaired) electrons. The molecule has 8 nitrogen and oxygen atoms in total. The van der Waals surface area contributed by atoms with Crippen molar-refractivity contribution < 1.29 is 17.9 Å². The van der Waals surface area contributed by atoms with Gasteiger partial charge in [-0.2, -0.15) is 4.31 Å². The fourth-order valence-electron chi connectivity index (χ4n) is 4.18. The smallest absolute Gasteiger partial charge is 0.243 e. The number of nitrogens with zero attached hydrogens (tertiary/aromatic N) is 3. The molecule has 1 amide bonds. The Labute approximate surface area is 194 Å². The monoisotopic (exact) mass is 470 g/mol. The number of ether oxygens (including phenoxy) is 1. The van der Waals surface area contributed by atoms with Crippen LogP contribution in [-0.2, 0) is 26.1 Å². The third-order valence-electron chi connectivity index (χ3n) is 5.97. The molecular formula is C24H30N4O4S. The zero-order chi connectivity index (χ0) is 23.3. The Bertz CT molecular complexity index is 1190. The van der Waals surface area contributed by atoms with Crippen molar-refractivity contribution >= 4 is 32.9 Å². The number of carbonyl (C=O) groups excluding carboxylic acids is 1. The van der Waals surface area contributed by atoms with Gasteiger partial charge in [0, 0.05) is 38.8 Å². The standard InChI is InChI=1S/C24H30N4O4S/c1-2-32-18-8-15-28-22-12-7-6-11-21(22)25-24(28)26-23(29)19-13-16-27(17-14-19)33(30,31)20-9-4-3-5-10-20/h3-7,9-12,19H,2,8,13-18H2,1H3,(H,25,26,29). The lowest BCUT2D eigenvalue weighted by Gasteiger charge is -2.30. The van der Waals surface area contributed by atoms with Crippen molar-refractivity contribution in [3.63, 3.8) is 0 Å². The highest BCUT2D eigenvalue weighted by atomic mass is 32.2. The number of piperidine rings is 1. The fraction of sp³-hybridized carbons (Fsp3) is 0.417. The van der Waals surface area contributed by atoms with Gasteiger partial charge in [0.25, 0.3) is 0 Å². The summed E-state index contributed by atoms with van der Waals surface area (Å²) < 4.78 is 34.6. The molecule has 1 fully saturated rings. The summed E-state index contributed by atoms with van der Waals surface area (Å²) in [7, 11) is -3.54. The summed E-state index contributed by atoms with van der Waals surface area (Å²) >= 11 is 0. The maximum Gasteiger partial charge on any atom is 0.243 e. The van der Waals surface area contributed by atoms with Gasteiger partial charge in [-0.25, -0.2) is 13.4 Å². The van der Waals surface area contributed by atoms with E-state index in [1.54, 1.807) is 30.3 Å². The zero-order valence-electron chi connectivity index (χ0n) is 18.8. The summed E-state index contributed by atoms with van der Waals surface area (Å²) in [6, 6.07) is 16.2. The largest absolute Gasteiger partial charge is 0.382 e. The molecule has 176 valence electrons. The molecular weight excluding hydrogens is 440 g/mol. The summed E-state index contributed by atoms with van der Waals surface area (Å²) in [6.07, 6.45) is 1.76. The van der Waals surface area contributed by atoms with E-state index in [4.69, 9.17) is 4.74 Å². The normalized spacial score (nSPS) is 15.7. The highest BCUT2D eigenvalue weighted by molar-refractivity contribution is 7.89. The Morgan fingerprint density at radius 2 is 1.79 bits per heavy atom. The number of fused-ring (bicyclic) bond motifs is 1. The predicted molar refractivity (Wildman–Crippen MR) is 127 cm³/mol. The number of carbonyl (C=O) groups is 1. The first-order valence-corrected chi connectivity index (χ1v) is 12.8. The van der Waals surface area contributed by atoms with Crippen LogP contribution in [0.1, 0.15) is 26.2 Å². The number of aromatic nitrogens is 2. The number of benzene rings is 2. The van der Waals surface area contributed by atoms with Crippen molar-refractivity contribution in [1.82, 2.24) is 13.9 Å². The fourth-order valence-corrected chi connectivity index (χ4v) is 5.67. The van der Waals surface area contributed by atoms with Gasteiger partial charge in [0.1, 0.15) is 0 Å². The van der Waals surface area contributed by atoms with Crippen molar-refractivity contribution in [1.29, 1.82) is 0 Å². The summed E-state index contributed by atoms with van der Waals surface area (Å²) in [5.74, 6) is 0.147. The minimum Gasteiger partial charge on any atom is -0.382 e. The Morgan fingerprint density at radius 3 is 2.52 bits per heavy atom. The third-order valence-corrected chi connectivity index (χ3v) is 7.88. The van der Waals surface area contributed by atoms with Gasteiger partial charge in [0.05, 0.1) is 15.9 Å². The first-order valence-electron chi connectivity index (χ1n) is 11.4. The number of amides is 1. The van der Waals surface area contributed by atoms with Gasteiger partial charge < -0.3 is 9.30 Å². The van der Waals surface area contributed by atoms with Crippen LogP contribution in [0.5, 0.6) is 0 Å². The number of hydrogen-bond acceptors (Lipinski definition) is 5. The summed E-state index contributed by atoms with van der Waals surface area (Å²) in [4.78, 5) is 18.0. The lowest BCUT2D eigenvalue weighted by Crippen LogP contribution is -2.41. The number of anilines is 1. The van der Waals surface area contributed by atoms with Gasteiger partial charge >= 0.3 is 0 Å². The van der Waals surface area contributed by atoms with Gasteiger partial charge in [-0.05, 0) is 50.5 Å². The number of aryl methyl sites for hydroxylation is 1. The number of para-hydroxylation sites is 2. The van der Waals surface area contributed by atoms with Gasteiger partial charge in [-0.3, -0.25) is 10.1 Å². The van der Waals surface area contributed by atoms with E-state index in [0.717, 1.165) is 17.5 Å². The van der Waals surface area contributed by atoms with Crippen LogP contribution < -0.4 is 5.32 Å². The quantitative estimate of drug-likeness (QED) is 0.483. The first-order chi connectivity index (χ1) is 16.0. The second kappa shape index (κ2) is 10.5. The Hall–Kier alpha value is -2.75. The van der Waals surface area contributed by atoms with Gasteiger partial charge in [-0.1, -0.05) is 30.3 Å².